The van der Waals surface area contributed by atoms with Crippen molar-refractivity contribution in [3.8, 4) is 11.5 Å². The highest BCUT2D eigenvalue weighted by Gasteiger charge is 2.24. The maximum absolute atomic E-state index is 10.1. The number of hydrogen-bond donors (Lipinski definition) is 3. The van der Waals surface area contributed by atoms with Gasteiger partial charge in [-0.1, -0.05) is 12.1 Å². The van der Waals surface area contributed by atoms with E-state index in [1.165, 1.54) is 17.7 Å². The number of phenols is 1. The van der Waals surface area contributed by atoms with Crippen LogP contribution in [-0.4, -0.2) is 56.3 Å². The molecule has 2 heterocycles. The van der Waals surface area contributed by atoms with Crippen LogP contribution >= 0.6 is 11.3 Å². The summed E-state index contributed by atoms with van der Waals surface area (Å²) < 4.78 is 5.13. The number of rotatable bonds is 8. The highest BCUT2D eigenvalue weighted by atomic mass is 32.1. The summed E-state index contributed by atoms with van der Waals surface area (Å²) in [4.78, 5) is 8.30. The zero-order valence-electron chi connectivity index (χ0n) is 16.6. The van der Waals surface area contributed by atoms with Gasteiger partial charge in [0.05, 0.1) is 13.2 Å². The Morgan fingerprint density at radius 2 is 2.11 bits per heavy atom. The zero-order chi connectivity index (χ0) is 19.8. The minimum atomic E-state index is 0.260. The van der Waals surface area contributed by atoms with Crippen molar-refractivity contribution in [2.24, 2.45) is 4.99 Å². The Morgan fingerprint density at radius 1 is 1.29 bits per heavy atom. The third-order valence-corrected chi connectivity index (χ3v) is 6.09. The molecule has 1 aliphatic rings. The smallest absolute Gasteiger partial charge is 0.191 e. The fraction of sp³-hybridized carbons (Fsp3) is 0.476. The molecule has 7 heteroatoms. The summed E-state index contributed by atoms with van der Waals surface area (Å²) in [5.41, 5.74) is 0.886. The molecule has 0 bridgehead atoms. The van der Waals surface area contributed by atoms with Gasteiger partial charge in [0.1, 0.15) is 11.5 Å². The summed E-state index contributed by atoms with van der Waals surface area (Å²) in [5.74, 6) is 1.71. The van der Waals surface area contributed by atoms with Crippen LogP contribution in [0.15, 0.2) is 40.7 Å². The second-order valence-electron chi connectivity index (χ2n) is 6.90. The van der Waals surface area contributed by atoms with E-state index in [9.17, 15) is 5.11 Å². The van der Waals surface area contributed by atoms with Gasteiger partial charge in [0, 0.05) is 31.1 Å². The minimum absolute atomic E-state index is 0.260. The number of hydrogen-bond acceptors (Lipinski definition) is 5. The molecule has 3 rings (SSSR count). The number of guanidine groups is 1. The van der Waals surface area contributed by atoms with E-state index in [0.717, 1.165) is 31.2 Å². The fourth-order valence-corrected chi connectivity index (χ4v) is 4.42. The lowest BCUT2D eigenvalue weighted by molar-refractivity contribution is 0.249. The predicted molar refractivity (Wildman–Crippen MR) is 116 cm³/mol. The molecular formula is C21H30N4O2S. The molecular weight excluding hydrogens is 372 g/mol. The topological polar surface area (TPSA) is 69.1 Å². The van der Waals surface area contributed by atoms with E-state index >= 15 is 0 Å². The number of benzene rings is 1. The molecule has 0 aliphatic carbocycles. The first kappa shape index (κ1) is 20.5. The molecule has 6 nitrogen and oxygen atoms in total. The summed E-state index contributed by atoms with van der Waals surface area (Å²) in [6.45, 7) is 3.83. The predicted octanol–water partition coefficient (Wildman–Crippen LogP) is 3.01. The quantitative estimate of drug-likeness (QED) is 0.468. The van der Waals surface area contributed by atoms with Gasteiger partial charge in [-0.3, -0.25) is 9.89 Å². The average Bonchev–Trinajstić information content (AvgIpc) is 3.42. The summed E-state index contributed by atoms with van der Waals surface area (Å²) in [5, 5.41) is 19.1. The van der Waals surface area contributed by atoms with E-state index in [1.807, 2.05) is 23.5 Å². The van der Waals surface area contributed by atoms with Crippen LogP contribution in [0.2, 0.25) is 0 Å². The van der Waals surface area contributed by atoms with E-state index in [-0.39, 0.29) is 5.75 Å². The second-order valence-corrected chi connectivity index (χ2v) is 7.88. The molecule has 0 amide bonds. The van der Waals surface area contributed by atoms with Crippen molar-refractivity contribution in [3.63, 3.8) is 0 Å². The van der Waals surface area contributed by atoms with Gasteiger partial charge >= 0.3 is 0 Å². The summed E-state index contributed by atoms with van der Waals surface area (Å²) >= 11 is 1.82. The van der Waals surface area contributed by atoms with Crippen LogP contribution in [0.3, 0.4) is 0 Å². The van der Waals surface area contributed by atoms with Gasteiger partial charge in [-0.05, 0) is 55.4 Å². The lowest BCUT2D eigenvalue weighted by Crippen LogP contribution is -2.43. The maximum atomic E-state index is 10.1. The first-order valence-corrected chi connectivity index (χ1v) is 10.7. The van der Waals surface area contributed by atoms with E-state index in [2.05, 4.69) is 38.0 Å². The fourth-order valence-electron chi connectivity index (χ4n) is 3.56. The number of aliphatic imine (C=N–C) groups is 1. The first-order chi connectivity index (χ1) is 13.7. The largest absolute Gasteiger partial charge is 0.508 e. The van der Waals surface area contributed by atoms with Gasteiger partial charge in [0.15, 0.2) is 5.96 Å². The van der Waals surface area contributed by atoms with Crippen molar-refractivity contribution in [3.05, 3.63) is 46.2 Å². The number of likely N-dealkylation sites (tertiary alicyclic amines) is 1. The normalized spacial score (nSPS) is 16.1. The Kier molecular flexibility index (Phi) is 7.56. The Morgan fingerprint density at radius 3 is 2.75 bits per heavy atom. The number of phenolic OH excluding ortho intramolecular Hbond substituents is 1. The van der Waals surface area contributed by atoms with E-state index < -0.39 is 0 Å². The Labute approximate surface area is 171 Å². The van der Waals surface area contributed by atoms with Crippen LogP contribution in [-0.2, 0) is 6.42 Å². The number of methoxy groups -OCH3 is 1. The standard InChI is InChI=1S/C21H30N4O2S/c1-22-21(23-10-9-16-7-8-17(27-2)14-19(16)26)24-15-18(20-6-5-13-28-20)25-11-3-4-12-25/h5-8,13-14,18,26H,3-4,9-12,15H2,1-2H3,(H2,22,23,24). The molecule has 0 radical (unpaired) electrons. The number of aromatic hydroxyl groups is 1. The highest BCUT2D eigenvalue weighted by molar-refractivity contribution is 7.10. The molecule has 1 aliphatic heterocycles. The van der Waals surface area contributed by atoms with Crippen LogP contribution in [0.1, 0.15) is 29.3 Å². The molecule has 28 heavy (non-hydrogen) atoms. The summed E-state index contributed by atoms with van der Waals surface area (Å²) in [6.07, 6.45) is 3.26. The van der Waals surface area contributed by atoms with Gasteiger partial charge in [0.25, 0.3) is 0 Å². The van der Waals surface area contributed by atoms with Gasteiger partial charge in [0.2, 0.25) is 0 Å². The van der Waals surface area contributed by atoms with Crippen LogP contribution in [0, 0.1) is 0 Å². The third-order valence-electron chi connectivity index (χ3n) is 5.12. The number of nitrogens with zero attached hydrogens (tertiary/aromatic N) is 2. The molecule has 2 aromatic rings. The zero-order valence-corrected chi connectivity index (χ0v) is 17.5. The van der Waals surface area contributed by atoms with Crippen molar-refractivity contribution in [2.45, 2.75) is 25.3 Å². The highest BCUT2D eigenvalue weighted by Crippen LogP contribution is 2.28. The van der Waals surface area contributed by atoms with Gasteiger partial charge in [-0.25, -0.2) is 0 Å². The van der Waals surface area contributed by atoms with Gasteiger partial charge in [-0.15, -0.1) is 11.3 Å². The van der Waals surface area contributed by atoms with Gasteiger partial charge < -0.3 is 20.5 Å². The molecule has 1 fully saturated rings. The average molecular weight is 403 g/mol. The lowest BCUT2D eigenvalue weighted by Gasteiger charge is -2.27. The van der Waals surface area contributed by atoms with E-state index in [4.69, 9.17) is 4.74 Å². The molecule has 152 valence electrons. The van der Waals surface area contributed by atoms with Crippen LogP contribution in [0.4, 0.5) is 0 Å². The number of ether oxygens (including phenoxy) is 1. The van der Waals surface area contributed by atoms with Crippen molar-refractivity contribution >= 4 is 17.3 Å². The van der Waals surface area contributed by atoms with Crippen LogP contribution in [0.25, 0.3) is 0 Å². The summed E-state index contributed by atoms with van der Waals surface area (Å²) in [6, 6.07) is 10.1. The molecule has 1 atom stereocenters. The van der Waals surface area contributed by atoms with Crippen LogP contribution in [0.5, 0.6) is 11.5 Å². The molecule has 1 unspecified atom stereocenters. The lowest BCUT2D eigenvalue weighted by atomic mass is 10.1. The number of nitrogens with one attached hydrogen (secondary N) is 2. The molecule has 1 aromatic carbocycles. The first-order valence-electron chi connectivity index (χ1n) is 9.79. The van der Waals surface area contributed by atoms with Crippen LogP contribution < -0.4 is 15.4 Å². The van der Waals surface area contributed by atoms with Gasteiger partial charge in [-0.2, -0.15) is 0 Å². The molecule has 3 N–H and O–H groups in total. The Balaban J connectivity index is 1.51. The minimum Gasteiger partial charge on any atom is -0.508 e. The Hall–Kier alpha value is -2.25. The molecule has 1 aromatic heterocycles. The van der Waals surface area contributed by atoms with E-state index in [0.29, 0.717) is 24.8 Å². The SMILES string of the molecule is CN=C(NCCc1ccc(OC)cc1O)NCC(c1cccs1)N1CCCC1. The van der Waals surface area contributed by atoms with Crippen molar-refractivity contribution in [1.29, 1.82) is 0 Å². The van der Waals surface area contributed by atoms with Crippen molar-refractivity contribution in [2.75, 3.05) is 40.3 Å². The van der Waals surface area contributed by atoms with Crippen molar-refractivity contribution in [1.82, 2.24) is 15.5 Å². The molecule has 0 saturated carbocycles. The maximum Gasteiger partial charge on any atom is 0.191 e. The molecule has 1 saturated heterocycles. The monoisotopic (exact) mass is 402 g/mol. The van der Waals surface area contributed by atoms with Crippen molar-refractivity contribution < 1.29 is 9.84 Å². The van der Waals surface area contributed by atoms with E-state index in [1.54, 1.807) is 20.2 Å². The number of thiophene rings is 1. The second kappa shape index (κ2) is 10.3. The summed E-state index contributed by atoms with van der Waals surface area (Å²) in [7, 11) is 3.38. The third kappa shape index (κ3) is 5.39. The Bertz CT molecular complexity index is 758. The molecule has 0 spiro atoms.